The van der Waals surface area contributed by atoms with E-state index in [0.717, 1.165) is 5.56 Å². The molecule has 33 heavy (non-hydrogen) atoms. The number of amides is 1. The lowest BCUT2D eigenvalue weighted by atomic mass is 10.2. The second-order valence-corrected chi connectivity index (χ2v) is 7.60. The second kappa shape index (κ2) is 10.2. The Morgan fingerprint density at radius 3 is 2.52 bits per heavy atom. The molecule has 2 aromatic carbocycles. The number of ether oxygens (including phenoxy) is 2. The number of anilines is 1. The zero-order valence-corrected chi connectivity index (χ0v) is 18.2. The van der Waals surface area contributed by atoms with Crippen molar-refractivity contribution in [2.45, 2.75) is 11.8 Å². The van der Waals surface area contributed by atoms with Crippen LogP contribution in [0.15, 0.2) is 78.2 Å². The highest BCUT2D eigenvalue weighted by Crippen LogP contribution is 2.27. The Hall–Kier alpha value is -3.86. The van der Waals surface area contributed by atoms with Crippen LogP contribution in [0.4, 0.5) is 14.5 Å². The van der Waals surface area contributed by atoms with Crippen LogP contribution < -0.4 is 14.8 Å². The molecule has 0 aliphatic rings. The molecule has 1 N–H and O–H groups in total. The van der Waals surface area contributed by atoms with Gasteiger partial charge in [-0.25, -0.2) is 4.68 Å². The highest BCUT2D eigenvalue weighted by molar-refractivity contribution is 7.99. The molecule has 0 radical (unpaired) electrons. The van der Waals surface area contributed by atoms with Gasteiger partial charge in [-0.2, -0.15) is 8.78 Å². The Bertz CT molecular complexity index is 1210. The summed E-state index contributed by atoms with van der Waals surface area (Å²) in [7, 11) is 1.59. The lowest BCUT2D eigenvalue weighted by molar-refractivity contribution is -0.113. The van der Waals surface area contributed by atoms with E-state index in [0.29, 0.717) is 22.4 Å². The number of halogens is 2. The number of benzene rings is 2. The Balaban J connectivity index is 1.49. The van der Waals surface area contributed by atoms with E-state index in [9.17, 15) is 13.6 Å². The van der Waals surface area contributed by atoms with Crippen LogP contribution in [0.5, 0.6) is 11.5 Å². The van der Waals surface area contributed by atoms with E-state index in [1.165, 1.54) is 36.0 Å². The van der Waals surface area contributed by atoms with Crippen LogP contribution >= 0.6 is 11.8 Å². The first kappa shape index (κ1) is 22.3. The van der Waals surface area contributed by atoms with E-state index in [4.69, 9.17) is 4.74 Å². The van der Waals surface area contributed by atoms with Crippen molar-refractivity contribution in [1.29, 1.82) is 0 Å². The van der Waals surface area contributed by atoms with Gasteiger partial charge in [0.15, 0.2) is 5.82 Å². The van der Waals surface area contributed by atoms with Crippen molar-refractivity contribution in [3.63, 3.8) is 0 Å². The third kappa shape index (κ3) is 5.50. The Morgan fingerprint density at radius 1 is 1.06 bits per heavy atom. The third-order valence-corrected chi connectivity index (χ3v) is 5.37. The number of hydrogen-bond donors (Lipinski definition) is 1. The summed E-state index contributed by atoms with van der Waals surface area (Å²) >= 11 is 1.21. The van der Waals surface area contributed by atoms with Gasteiger partial charge >= 0.3 is 6.61 Å². The summed E-state index contributed by atoms with van der Waals surface area (Å²) in [6.45, 7) is -2.90. The molecular weight excluding hydrogens is 452 g/mol. The highest BCUT2D eigenvalue weighted by Gasteiger charge is 2.17. The fourth-order valence-electron chi connectivity index (χ4n) is 3.01. The molecule has 0 bridgehead atoms. The number of nitrogens with zero attached hydrogens (tertiary/aromatic N) is 4. The number of rotatable bonds is 9. The number of methoxy groups -OCH3 is 1. The van der Waals surface area contributed by atoms with Gasteiger partial charge < -0.3 is 14.8 Å². The van der Waals surface area contributed by atoms with E-state index in [-0.39, 0.29) is 17.4 Å². The first-order valence-corrected chi connectivity index (χ1v) is 10.7. The molecule has 0 unspecified atom stereocenters. The lowest BCUT2D eigenvalue weighted by Gasteiger charge is -2.12. The molecule has 0 saturated heterocycles. The van der Waals surface area contributed by atoms with Crippen LogP contribution in [-0.2, 0) is 4.79 Å². The van der Waals surface area contributed by atoms with Crippen molar-refractivity contribution in [2.75, 3.05) is 18.2 Å². The molecule has 0 saturated carbocycles. The largest absolute Gasteiger partial charge is 0.497 e. The van der Waals surface area contributed by atoms with Crippen LogP contribution in [0, 0.1) is 0 Å². The molecule has 2 heterocycles. The number of carbonyl (C=O) groups excluding carboxylic acids is 1. The first-order valence-electron chi connectivity index (χ1n) is 9.74. The van der Waals surface area contributed by atoms with Crippen LogP contribution in [0.25, 0.3) is 11.4 Å². The maximum Gasteiger partial charge on any atom is 0.387 e. The van der Waals surface area contributed by atoms with Crippen LogP contribution in [0.2, 0.25) is 0 Å². The van der Waals surface area contributed by atoms with Gasteiger partial charge in [0.2, 0.25) is 11.1 Å². The molecule has 0 aliphatic heterocycles. The summed E-state index contributed by atoms with van der Waals surface area (Å²) in [4.78, 5) is 12.4. The predicted molar refractivity (Wildman–Crippen MR) is 120 cm³/mol. The maximum absolute atomic E-state index is 12.4. The predicted octanol–water partition coefficient (Wildman–Crippen LogP) is 4.40. The van der Waals surface area contributed by atoms with E-state index >= 15 is 0 Å². The summed E-state index contributed by atoms with van der Waals surface area (Å²) in [6.07, 6.45) is 3.69. The zero-order chi connectivity index (χ0) is 23.2. The number of thioether (sulfide) groups is 1. The monoisotopic (exact) mass is 471 g/mol. The fourth-order valence-corrected chi connectivity index (χ4v) is 3.75. The van der Waals surface area contributed by atoms with Gasteiger partial charge in [-0.05, 0) is 48.5 Å². The Kier molecular flexibility index (Phi) is 6.89. The Morgan fingerprint density at radius 2 is 1.82 bits per heavy atom. The number of nitrogens with one attached hydrogen (secondary N) is 1. The molecule has 1 amide bonds. The number of carbonyl (C=O) groups is 1. The highest BCUT2D eigenvalue weighted by atomic mass is 32.2. The summed E-state index contributed by atoms with van der Waals surface area (Å²) in [5.41, 5.74) is 1.27. The summed E-state index contributed by atoms with van der Waals surface area (Å²) in [5.74, 6) is 1.07. The van der Waals surface area contributed by atoms with Gasteiger partial charge in [0.1, 0.15) is 11.5 Å². The minimum Gasteiger partial charge on any atom is -0.497 e. The molecule has 4 rings (SSSR count). The third-order valence-electron chi connectivity index (χ3n) is 4.46. The van der Waals surface area contributed by atoms with Gasteiger partial charge in [-0.15, -0.1) is 10.2 Å². The van der Waals surface area contributed by atoms with Crippen molar-refractivity contribution < 1.29 is 23.0 Å². The molecule has 0 atom stereocenters. The number of hydrogen-bond acceptors (Lipinski definition) is 6. The van der Waals surface area contributed by atoms with Gasteiger partial charge in [-0.1, -0.05) is 23.9 Å². The maximum atomic E-state index is 12.4. The molecular formula is C22H19F2N5O3S. The minimum absolute atomic E-state index is 0.0160. The topological polar surface area (TPSA) is 83.2 Å². The van der Waals surface area contributed by atoms with Crippen molar-refractivity contribution in [2.24, 2.45) is 0 Å². The Labute approximate surface area is 192 Å². The molecule has 2 aromatic heterocycles. The molecule has 0 aliphatic carbocycles. The fraction of sp³-hybridized carbons (Fsp3) is 0.136. The van der Waals surface area contributed by atoms with Crippen molar-refractivity contribution in [3.8, 4) is 22.9 Å². The minimum atomic E-state index is -2.90. The lowest BCUT2D eigenvalue weighted by Crippen LogP contribution is -2.16. The number of aromatic nitrogens is 4. The summed E-state index contributed by atoms with van der Waals surface area (Å²) in [6, 6.07) is 16.9. The first-order chi connectivity index (χ1) is 16.0. The van der Waals surface area contributed by atoms with Crippen LogP contribution in [0.3, 0.4) is 0 Å². The van der Waals surface area contributed by atoms with E-state index in [1.54, 1.807) is 11.8 Å². The normalized spacial score (nSPS) is 10.9. The summed E-state index contributed by atoms with van der Waals surface area (Å²) in [5, 5.41) is 11.8. The molecule has 170 valence electrons. The van der Waals surface area contributed by atoms with Gasteiger partial charge in [0.25, 0.3) is 0 Å². The van der Waals surface area contributed by atoms with E-state index < -0.39 is 6.61 Å². The van der Waals surface area contributed by atoms with Crippen molar-refractivity contribution in [1.82, 2.24) is 19.5 Å². The van der Waals surface area contributed by atoms with Crippen LogP contribution in [0.1, 0.15) is 0 Å². The van der Waals surface area contributed by atoms with Gasteiger partial charge in [-0.3, -0.25) is 9.47 Å². The molecule has 8 nitrogen and oxygen atoms in total. The molecule has 4 aromatic rings. The van der Waals surface area contributed by atoms with Gasteiger partial charge in [0.05, 0.1) is 12.9 Å². The molecule has 0 fully saturated rings. The summed E-state index contributed by atoms with van der Waals surface area (Å²) < 4.78 is 37.7. The SMILES string of the molecule is COc1cccc(-c2nnc(SCC(=O)Nc3ccc(OC(F)F)cc3)n2-n2cccc2)c1. The quantitative estimate of drug-likeness (QED) is 0.365. The standard InChI is InChI=1S/C22H19F2N5O3S/c1-31-18-6-4-5-15(13-18)20-26-27-22(29(20)28-11-2-3-12-28)33-14-19(30)25-16-7-9-17(10-8-16)32-21(23)24/h2-13,21H,14H2,1H3,(H,25,30). The average molecular weight is 471 g/mol. The van der Waals surface area contributed by atoms with Crippen molar-refractivity contribution >= 4 is 23.4 Å². The smallest absolute Gasteiger partial charge is 0.387 e. The van der Waals surface area contributed by atoms with Crippen LogP contribution in [-0.4, -0.2) is 44.9 Å². The number of alkyl halides is 2. The van der Waals surface area contributed by atoms with Gasteiger partial charge in [0, 0.05) is 23.6 Å². The van der Waals surface area contributed by atoms with E-state index in [1.807, 2.05) is 53.5 Å². The second-order valence-electron chi connectivity index (χ2n) is 6.65. The van der Waals surface area contributed by atoms with Crippen molar-refractivity contribution in [3.05, 3.63) is 73.1 Å². The van der Waals surface area contributed by atoms with E-state index in [2.05, 4.69) is 20.3 Å². The average Bonchev–Trinajstić information content (AvgIpc) is 3.48. The molecule has 11 heteroatoms. The molecule has 0 spiro atoms. The zero-order valence-electron chi connectivity index (χ0n) is 17.4.